The number of pyridine rings is 1. The zero-order chi connectivity index (χ0) is 21.3. The fourth-order valence-corrected chi connectivity index (χ4v) is 3.73. The highest BCUT2D eigenvalue weighted by Crippen LogP contribution is 2.33. The van der Waals surface area contributed by atoms with Crippen molar-refractivity contribution in [3.63, 3.8) is 0 Å². The Bertz CT molecular complexity index is 1100. The predicted molar refractivity (Wildman–Crippen MR) is 120 cm³/mol. The first-order valence-electron chi connectivity index (χ1n) is 9.13. The number of nitrogens with one attached hydrogen (secondary N) is 3. The minimum atomic E-state index is -0.164. The van der Waals surface area contributed by atoms with Crippen molar-refractivity contribution in [3.8, 4) is 0 Å². The Morgan fingerprint density at radius 1 is 1.07 bits per heavy atom. The molecular weight excluding hydrogens is 396 g/mol. The summed E-state index contributed by atoms with van der Waals surface area (Å²) in [5.74, 6) is -0.164. The molecule has 0 aliphatic carbocycles. The van der Waals surface area contributed by atoms with Gasteiger partial charge in [-0.3, -0.25) is 14.6 Å². The Balaban J connectivity index is 1.87. The summed E-state index contributed by atoms with van der Waals surface area (Å²) in [6.45, 7) is 0. The number of allylic oxidation sites excluding steroid dienone is 1. The van der Waals surface area contributed by atoms with Crippen molar-refractivity contribution in [1.29, 1.82) is 5.41 Å². The number of hydrogen-bond donors (Lipinski definition) is 3. The molecule has 7 heteroatoms. The van der Waals surface area contributed by atoms with Gasteiger partial charge in [0.15, 0.2) is 0 Å². The SMILES string of the molecule is CNC(=O)c1ccccc1Sc1ccc(C(=N)/C=C/c2ccccn2)c(NC=O)c1. The van der Waals surface area contributed by atoms with Gasteiger partial charge in [-0.25, -0.2) is 0 Å². The molecule has 0 aliphatic rings. The van der Waals surface area contributed by atoms with Crippen molar-refractivity contribution >= 4 is 41.6 Å². The van der Waals surface area contributed by atoms with Crippen molar-refractivity contribution < 1.29 is 9.59 Å². The minimum Gasteiger partial charge on any atom is -0.355 e. The van der Waals surface area contributed by atoms with Gasteiger partial charge in [-0.05, 0) is 54.6 Å². The van der Waals surface area contributed by atoms with Gasteiger partial charge in [-0.1, -0.05) is 30.0 Å². The van der Waals surface area contributed by atoms with Gasteiger partial charge in [0, 0.05) is 28.6 Å². The second kappa shape index (κ2) is 10.2. The summed E-state index contributed by atoms with van der Waals surface area (Å²) in [6, 6.07) is 18.3. The van der Waals surface area contributed by atoms with Crippen LogP contribution in [0.2, 0.25) is 0 Å². The zero-order valence-electron chi connectivity index (χ0n) is 16.3. The molecule has 6 nitrogen and oxygen atoms in total. The Morgan fingerprint density at radius 3 is 2.60 bits per heavy atom. The smallest absolute Gasteiger partial charge is 0.252 e. The van der Waals surface area contributed by atoms with Crippen LogP contribution in [0.5, 0.6) is 0 Å². The number of carbonyl (C=O) groups is 2. The van der Waals surface area contributed by atoms with Gasteiger partial charge < -0.3 is 16.0 Å². The number of carbonyl (C=O) groups excluding carboxylic acids is 2. The molecule has 0 fully saturated rings. The molecule has 0 radical (unpaired) electrons. The summed E-state index contributed by atoms with van der Waals surface area (Å²) in [5.41, 5.74) is 2.66. The molecule has 3 rings (SSSR count). The number of rotatable bonds is 8. The Hall–Kier alpha value is -3.71. The Labute approximate surface area is 178 Å². The maximum Gasteiger partial charge on any atom is 0.252 e. The van der Waals surface area contributed by atoms with E-state index in [4.69, 9.17) is 5.41 Å². The van der Waals surface area contributed by atoms with Gasteiger partial charge in [-0.2, -0.15) is 0 Å². The van der Waals surface area contributed by atoms with E-state index in [2.05, 4.69) is 15.6 Å². The summed E-state index contributed by atoms with van der Waals surface area (Å²) < 4.78 is 0. The van der Waals surface area contributed by atoms with E-state index >= 15 is 0 Å². The molecule has 0 bridgehead atoms. The van der Waals surface area contributed by atoms with Crippen molar-refractivity contribution in [2.24, 2.45) is 0 Å². The van der Waals surface area contributed by atoms with E-state index in [-0.39, 0.29) is 11.6 Å². The number of anilines is 1. The molecule has 1 heterocycles. The number of amides is 2. The van der Waals surface area contributed by atoms with Crippen molar-refractivity contribution in [2.45, 2.75) is 9.79 Å². The van der Waals surface area contributed by atoms with Crippen LogP contribution in [0, 0.1) is 5.41 Å². The second-order valence-corrected chi connectivity index (χ2v) is 7.26. The Morgan fingerprint density at radius 2 is 1.87 bits per heavy atom. The molecule has 2 amide bonds. The third kappa shape index (κ3) is 5.21. The third-order valence-corrected chi connectivity index (χ3v) is 5.26. The summed E-state index contributed by atoms with van der Waals surface area (Å²) in [7, 11) is 1.59. The highest BCUT2D eigenvalue weighted by Gasteiger charge is 2.12. The van der Waals surface area contributed by atoms with E-state index in [0.717, 1.165) is 15.5 Å². The molecule has 3 aromatic rings. The molecule has 3 N–H and O–H groups in total. The van der Waals surface area contributed by atoms with Gasteiger partial charge in [-0.15, -0.1) is 0 Å². The molecule has 0 aliphatic heterocycles. The molecule has 2 aromatic carbocycles. The molecule has 0 atom stereocenters. The molecule has 0 saturated carbocycles. The maximum absolute atomic E-state index is 12.1. The number of hydrogen-bond acceptors (Lipinski definition) is 5. The lowest BCUT2D eigenvalue weighted by Gasteiger charge is -2.12. The summed E-state index contributed by atoms with van der Waals surface area (Å²) in [4.78, 5) is 29.0. The second-order valence-electron chi connectivity index (χ2n) is 6.15. The fraction of sp³-hybridized carbons (Fsp3) is 0.0435. The van der Waals surface area contributed by atoms with Gasteiger partial charge in [0.2, 0.25) is 6.41 Å². The predicted octanol–water partition coefficient (Wildman–Crippen LogP) is 4.24. The first kappa shape index (κ1) is 21.0. The van der Waals surface area contributed by atoms with E-state index in [1.807, 2.05) is 42.5 Å². The first-order chi connectivity index (χ1) is 14.6. The molecule has 150 valence electrons. The van der Waals surface area contributed by atoms with Crippen LogP contribution >= 0.6 is 11.8 Å². The van der Waals surface area contributed by atoms with E-state index in [1.54, 1.807) is 43.6 Å². The zero-order valence-corrected chi connectivity index (χ0v) is 17.1. The van der Waals surface area contributed by atoms with E-state index in [9.17, 15) is 9.59 Å². The van der Waals surface area contributed by atoms with Gasteiger partial charge >= 0.3 is 0 Å². The highest BCUT2D eigenvalue weighted by molar-refractivity contribution is 7.99. The lowest BCUT2D eigenvalue weighted by Crippen LogP contribution is -2.18. The van der Waals surface area contributed by atoms with Crippen LogP contribution in [-0.4, -0.2) is 30.1 Å². The van der Waals surface area contributed by atoms with Crippen LogP contribution in [0.25, 0.3) is 6.08 Å². The third-order valence-electron chi connectivity index (χ3n) is 4.19. The molecule has 1 aromatic heterocycles. The molecular formula is C23H20N4O2S. The number of nitrogens with zero attached hydrogens (tertiary/aromatic N) is 1. The first-order valence-corrected chi connectivity index (χ1v) is 9.95. The topological polar surface area (TPSA) is 94.9 Å². The number of aromatic nitrogens is 1. The van der Waals surface area contributed by atoms with Crippen molar-refractivity contribution in [1.82, 2.24) is 10.3 Å². The molecule has 0 saturated heterocycles. The molecule has 0 spiro atoms. The maximum atomic E-state index is 12.1. The molecule has 0 unspecified atom stereocenters. The van der Waals surface area contributed by atoms with Crippen LogP contribution in [0.3, 0.4) is 0 Å². The Kier molecular flexibility index (Phi) is 7.13. The van der Waals surface area contributed by atoms with Crippen LogP contribution in [-0.2, 0) is 4.79 Å². The van der Waals surface area contributed by atoms with Crippen LogP contribution in [0.4, 0.5) is 5.69 Å². The summed E-state index contributed by atoms with van der Waals surface area (Å²) in [6.07, 6.45) is 5.66. The lowest BCUT2D eigenvalue weighted by molar-refractivity contribution is -0.105. The van der Waals surface area contributed by atoms with Gasteiger partial charge in [0.1, 0.15) is 0 Å². The summed E-state index contributed by atoms with van der Waals surface area (Å²) in [5, 5.41) is 13.7. The van der Waals surface area contributed by atoms with Gasteiger partial charge in [0.25, 0.3) is 5.91 Å². The summed E-state index contributed by atoms with van der Waals surface area (Å²) >= 11 is 1.41. The average molecular weight is 417 g/mol. The van der Waals surface area contributed by atoms with Crippen LogP contribution in [0.1, 0.15) is 21.6 Å². The quantitative estimate of drug-likeness (QED) is 0.378. The van der Waals surface area contributed by atoms with Crippen molar-refractivity contribution in [3.05, 3.63) is 89.8 Å². The molecule has 30 heavy (non-hydrogen) atoms. The minimum absolute atomic E-state index is 0.164. The largest absolute Gasteiger partial charge is 0.355 e. The van der Waals surface area contributed by atoms with Crippen LogP contribution in [0.15, 0.2) is 82.7 Å². The normalized spacial score (nSPS) is 10.6. The fourth-order valence-electron chi connectivity index (χ4n) is 2.74. The van der Waals surface area contributed by atoms with Gasteiger partial charge in [0.05, 0.1) is 22.7 Å². The lowest BCUT2D eigenvalue weighted by atomic mass is 10.1. The monoisotopic (exact) mass is 416 g/mol. The van der Waals surface area contributed by atoms with E-state index in [1.165, 1.54) is 11.8 Å². The standard InChI is InChI=1S/C23H20N4O2S/c1-25-23(29)19-7-2-3-8-22(19)30-17-10-11-18(21(14-17)27-15-28)20(24)12-9-16-6-4-5-13-26-16/h2-15,24H,1H3,(H,25,29)(H,27,28)/b12-9+,24-20?. The van der Waals surface area contributed by atoms with E-state index in [0.29, 0.717) is 23.2 Å². The highest BCUT2D eigenvalue weighted by atomic mass is 32.2. The van der Waals surface area contributed by atoms with Crippen LogP contribution < -0.4 is 10.6 Å². The number of benzene rings is 2. The van der Waals surface area contributed by atoms with E-state index < -0.39 is 0 Å². The van der Waals surface area contributed by atoms with Crippen molar-refractivity contribution in [2.75, 3.05) is 12.4 Å². The average Bonchev–Trinajstić information content (AvgIpc) is 2.78.